The van der Waals surface area contributed by atoms with Crippen LogP contribution >= 0.6 is 0 Å². The Morgan fingerprint density at radius 1 is 0.750 bits per heavy atom. The van der Waals surface area contributed by atoms with Crippen LogP contribution in [0.5, 0.6) is 0 Å². The molecule has 0 unspecified atom stereocenters. The molecule has 0 aromatic rings. The molecular formula is C16H27. The fourth-order valence-corrected chi connectivity index (χ4v) is 1.44. The van der Waals surface area contributed by atoms with Gasteiger partial charge in [0.05, 0.1) is 0 Å². The monoisotopic (exact) mass is 219 g/mol. The molecule has 0 amide bonds. The zero-order valence-electron chi connectivity index (χ0n) is 10.8. The van der Waals surface area contributed by atoms with Gasteiger partial charge in [-0.15, -0.1) is 0 Å². The molecule has 0 aromatic heterocycles. The summed E-state index contributed by atoms with van der Waals surface area (Å²) < 4.78 is 0. The van der Waals surface area contributed by atoms with Gasteiger partial charge in [-0.3, -0.25) is 0 Å². The van der Waals surface area contributed by atoms with Crippen LogP contribution in [0.3, 0.4) is 0 Å². The summed E-state index contributed by atoms with van der Waals surface area (Å²) in [7, 11) is 0. The van der Waals surface area contributed by atoms with Crippen molar-refractivity contribution < 1.29 is 0 Å². The molecule has 0 heteroatoms. The van der Waals surface area contributed by atoms with Gasteiger partial charge in [0.15, 0.2) is 0 Å². The van der Waals surface area contributed by atoms with Crippen molar-refractivity contribution in [3.05, 3.63) is 43.4 Å². The van der Waals surface area contributed by atoms with E-state index < -0.39 is 0 Å². The van der Waals surface area contributed by atoms with Gasteiger partial charge in [-0.25, -0.2) is 0 Å². The first-order valence-electron chi connectivity index (χ1n) is 6.66. The Morgan fingerprint density at radius 2 is 1.38 bits per heavy atom. The molecule has 91 valence electrons. The van der Waals surface area contributed by atoms with Gasteiger partial charge >= 0.3 is 0 Å². The number of rotatable bonds is 10. The number of hydrogen-bond acceptors (Lipinski definition) is 0. The van der Waals surface area contributed by atoms with Gasteiger partial charge in [0.1, 0.15) is 0 Å². The van der Waals surface area contributed by atoms with Gasteiger partial charge < -0.3 is 0 Å². The van der Waals surface area contributed by atoms with Gasteiger partial charge in [0, 0.05) is 0 Å². The van der Waals surface area contributed by atoms with Crippen molar-refractivity contribution >= 4 is 0 Å². The first-order valence-corrected chi connectivity index (χ1v) is 6.66. The molecule has 0 atom stereocenters. The van der Waals surface area contributed by atoms with Crippen LogP contribution in [0.2, 0.25) is 0 Å². The third kappa shape index (κ3) is 13.2. The van der Waals surface area contributed by atoms with Crippen LogP contribution in [0.15, 0.2) is 36.5 Å². The highest BCUT2D eigenvalue weighted by atomic mass is 13.9. The zero-order valence-corrected chi connectivity index (χ0v) is 10.8. The van der Waals surface area contributed by atoms with Crippen molar-refractivity contribution in [1.82, 2.24) is 0 Å². The topological polar surface area (TPSA) is 0 Å². The molecule has 0 heterocycles. The lowest BCUT2D eigenvalue weighted by Gasteiger charge is -1.93. The van der Waals surface area contributed by atoms with E-state index in [0.29, 0.717) is 0 Å². The molecule has 0 aliphatic carbocycles. The van der Waals surface area contributed by atoms with Crippen molar-refractivity contribution in [3.8, 4) is 0 Å². The predicted molar refractivity (Wildman–Crippen MR) is 75.4 cm³/mol. The van der Waals surface area contributed by atoms with Crippen molar-refractivity contribution in [2.45, 2.75) is 58.3 Å². The number of hydrogen-bond donors (Lipinski definition) is 0. The maximum atomic E-state index is 3.84. The van der Waals surface area contributed by atoms with Gasteiger partial charge in [-0.1, -0.05) is 69.6 Å². The summed E-state index contributed by atoms with van der Waals surface area (Å²) in [5.74, 6) is 0. The van der Waals surface area contributed by atoms with Crippen LogP contribution in [0, 0.1) is 6.92 Å². The van der Waals surface area contributed by atoms with E-state index in [2.05, 4.69) is 50.3 Å². The Bertz CT molecular complexity index is 196. The summed E-state index contributed by atoms with van der Waals surface area (Å²) in [5, 5.41) is 0. The molecule has 0 aliphatic heterocycles. The quantitative estimate of drug-likeness (QED) is 0.330. The average Bonchev–Trinajstić information content (AvgIpc) is 2.31. The smallest absolute Gasteiger partial charge is 0.0169 e. The number of unbranched alkanes of at least 4 members (excludes halogenated alkanes) is 4. The predicted octanol–water partition coefficient (Wildman–Crippen LogP) is 5.63. The highest BCUT2D eigenvalue weighted by molar-refractivity contribution is 4.96. The maximum absolute atomic E-state index is 3.84. The highest BCUT2D eigenvalue weighted by Gasteiger charge is 1.83. The maximum Gasteiger partial charge on any atom is -0.0169 e. The van der Waals surface area contributed by atoms with E-state index in [1.54, 1.807) is 0 Å². The molecule has 0 aromatic carbocycles. The van der Waals surface area contributed by atoms with Gasteiger partial charge in [0.25, 0.3) is 0 Å². The lowest BCUT2D eigenvalue weighted by atomic mass is 10.1. The van der Waals surface area contributed by atoms with E-state index in [1.165, 1.54) is 25.7 Å². The van der Waals surface area contributed by atoms with Crippen LogP contribution in [-0.4, -0.2) is 0 Å². The minimum absolute atomic E-state index is 1.07. The van der Waals surface area contributed by atoms with Crippen LogP contribution in [0.25, 0.3) is 0 Å². The molecular weight excluding hydrogens is 192 g/mol. The average molecular weight is 219 g/mol. The van der Waals surface area contributed by atoms with Crippen LogP contribution in [0.4, 0.5) is 0 Å². The minimum Gasteiger partial charge on any atom is -0.0885 e. The van der Waals surface area contributed by atoms with E-state index >= 15 is 0 Å². The van der Waals surface area contributed by atoms with Crippen molar-refractivity contribution in [1.29, 1.82) is 0 Å². The van der Waals surface area contributed by atoms with E-state index in [4.69, 9.17) is 0 Å². The molecule has 0 N–H and O–H groups in total. The van der Waals surface area contributed by atoms with E-state index in [0.717, 1.165) is 25.7 Å². The fourth-order valence-electron chi connectivity index (χ4n) is 1.44. The Balaban J connectivity index is 3.23. The SMILES string of the molecule is [CH2]CCCCC/C=C\C/C=C\C/C=C\CC. The molecule has 0 rings (SSSR count). The normalized spacial score (nSPS) is 12.4. The molecule has 1 radical (unpaired) electrons. The Kier molecular flexibility index (Phi) is 13.5. The summed E-state index contributed by atoms with van der Waals surface area (Å²) >= 11 is 0. The van der Waals surface area contributed by atoms with Gasteiger partial charge in [-0.2, -0.15) is 0 Å². The second kappa shape index (κ2) is 14.2. The lowest BCUT2D eigenvalue weighted by Crippen LogP contribution is -1.73. The first-order chi connectivity index (χ1) is 7.91. The highest BCUT2D eigenvalue weighted by Crippen LogP contribution is 2.03. The Labute approximate surface area is 102 Å². The summed E-state index contributed by atoms with van der Waals surface area (Å²) in [6.07, 6.45) is 23.0. The summed E-state index contributed by atoms with van der Waals surface area (Å²) in [5.41, 5.74) is 0. The summed E-state index contributed by atoms with van der Waals surface area (Å²) in [6, 6.07) is 0. The third-order valence-electron chi connectivity index (χ3n) is 2.40. The number of allylic oxidation sites excluding steroid dienone is 6. The molecule has 0 saturated heterocycles. The van der Waals surface area contributed by atoms with Crippen molar-refractivity contribution in [2.24, 2.45) is 0 Å². The molecule has 0 saturated carbocycles. The summed E-state index contributed by atoms with van der Waals surface area (Å²) in [6.45, 7) is 6.01. The fraction of sp³-hybridized carbons (Fsp3) is 0.562. The lowest BCUT2D eigenvalue weighted by molar-refractivity contribution is 0.694. The van der Waals surface area contributed by atoms with Crippen LogP contribution in [0.1, 0.15) is 58.3 Å². The molecule has 0 spiro atoms. The Hall–Kier alpha value is -0.780. The molecule has 0 fully saturated rings. The second-order valence-corrected chi connectivity index (χ2v) is 4.00. The molecule has 0 aliphatic rings. The van der Waals surface area contributed by atoms with Gasteiger partial charge in [-0.05, 0) is 32.1 Å². The standard InChI is InChI=1S/C16H27/c1-3-5-7-9-11-13-15-16-14-12-10-8-6-4-2/h6,8,12-15H,1,3-5,7,9-11,16H2,2H3/b8-6-,14-12-,15-13-. The summed E-state index contributed by atoms with van der Waals surface area (Å²) in [4.78, 5) is 0. The van der Waals surface area contributed by atoms with E-state index in [9.17, 15) is 0 Å². The van der Waals surface area contributed by atoms with Crippen LogP contribution < -0.4 is 0 Å². The van der Waals surface area contributed by atoms with E-state index in [-0.39, 0.29) is 0 Å². The molecule has 0 nitrogen and oxygen atoms in total. The van der Waals surface area contributed by atoms with E-state index in [1.807, 2.05) is 0 Å². The largest absolute Gasteiger partial charge is 0.0885 e. The zero-order chi connectivity index (χ0) is 11.9. The van der Waals surface area contributed by atoms with Crippen molar-refractivity contribution in [3.63, 3.8) is 0 Å². The third-order valence-corrected chi connectivity index (χ3v) is 2.40. The molecule has 16 heavy (non-hydrogen) atoms. The molecule has 0 bridgehead atoms. The minimum atomic E-state index is 1.07. The van der Waals surface area contributed by atoms with Crippen molar-refractivity contribution in [2.75, 3.05) is 0 Å². The van der Waals surface area contributed by atoms with Gasteiger partial charge in [0.2, 0.25) is 0 Å². The first kappa shape index (κ1) is 15.2. The second-order valence-electron chi connectivity index (χ2n) is 4.00. The van der Waals surface area contributed by atoms with Crippen LogP contribution in [-0.2, 0) is 0 Å². The Morgan fingerprint density at radius 3 is 2.00 bits per heavy atom.